The van der Waals surface area contributed by atoms with E-state index in [1.807, 2.05) is 18.5 Å². The number of rotatable bonds is 8. The van der Waals surface area contributed by atoms with Gasteiger partial charge in [-0.25, -0.2) is 0 Å². The van der Waals surface area contributed by atoms with Gasteiger partial charge >= 0.3 is 0 Å². The molecule has 1 aliphatic rings. The van der Waals surface area contributed by atoms with Gasteiger partial charge in [0.15, 0.2) is 0 Å². The lowest BCUT2D eigenvalue weighted by molar-refractivity contribution is 0.0324. The Labute approximate surface area is 96.0 Å². The average Bonchev–Trinajstić information content (AvgIpc) is 2.94. The molecular weight excluding hydrogens is 204 g/mol. The van der Waals surface area contributed by atoms with Gasteiger partial charge in [-0.3, -0.25) is 0 Å². The molecule has 0 amide bonds. The van der Waals surface area contributed by atoms with E-state index in [1.54, 1.807) is 0 Å². The first-order chi connectivity index (χ1) is 7.84. The van der Waals surface area contributed by atoms with Gasteiger partial charge in [0.2, 0.25) is 0 Å². The van der Waals surface area contributed by atoms with Gasteiger partial charge in [0.25, 0.3) is 0 Å². The first-order valence-corrected chi connectivity index (χ1v) is 5.93. The topological polar surface area (TPSA) is 57.3 Å². The number of aromatic nitrogens is 1. The van der Waals surface area contributed by atoms with Gasteiger partial charge in [0.1, 0.15) is 0 Å². The fraction of sp³-hybridized carbons (Fsp3) is 0.667. The monoisotopic (exact) mass is 224 g/mol. The number of ether oxygens (including phenoxy) is 1. The first kappa shape index (κ1) is 11.6. The van der Waals surface area contributed by atoms with Gasteiger partial charge in [-0.2, -0.15) is 0 Å². The van der Waals surface area contributed by atoms with Gasteiger partial charge in [0, 0.05) is 32.1 Å². The molecule has 0 aliphatic heterocycles. The molecule has 0 aromatic carbocycles. The zero-order valence-corrected chi connectivity index (χ0v) is 9.48. The molecule has 16 heavy (non-hydrogen) atoms. The van der Waals surface area contributed by atoms with Gasteiger partial charge in [0.05, 0.1) is 12.7 Å². The summed E-state index contributed by atoms with van der Waals surface area (Å²) in [7, 11) is 0. The van der Waals surface area contributed by atoms with E-state index in [2.05, 4.69) is 10.3 Å². The number of H-pyrrole nitrogens is 1. The second-order valence-corrected chi connectivity index (χ2v) is 4.48. The van der Waals surface area contributed by atoms with E-state index in [0.29, 0.717) is 13.2 Å². The third-order valence-corrected chi connectivity index (χ3v) is 2.73. The first-order valence-electron chi connectivity index (χ1n) is 5.93. The zero-order chi connectivity index (χ0) is 11.2. The predicted molar refractivity (Wildman–Crippen MR) is 62.0 cm³/mol. The van der Waals surface area contributed by atoms with Crippen LogP contribution in [-0.4, -0.2) is 36.0 Å². The molecule has 1 aromatic heterocycles. The summed E-state index contributed by atoms with van der Waals surface area (Å²) in [6, 6.07) is 2.02. The lowest BCUT2D eigenvalue weighted by Crippen LogP contribution is -2.30. The highest BCUT2D eigenvalue weighted by Gasteiger charge is 2.21. The summed E-state index contributed by atoms with van der Waals surface area (Å²) in [5.74, 6) is 0.764. The Morgan fingerprint density at radius 1 is 1.56 bits per heavy atom. The van der Waals surface area contributed by atoms with Crippen molar-refractivity contribution in [2.24, 2.45) is 5.92 Å². The number of aliphatic hydroxyl groups is 1. The Hall–Kier alpha value is -0.840. The van der Waals surface area contributed by atoms with Gasteiger partial charge in [-0.15, -0.1) is 0 Å². The standard InChI is InChI=1S/C12H20N2O2/c15-12(9-16-8-10-1-2-10)7-14-6-11-3-4-13-5-11/h3-5,10,12-15H,1-2,6-9H2. The highest BCUT2D eigenvalue weighted by atomic mass is 16.5. The second-order valence-electron chi connectivity index (χ2n) is 4.48. The Morgan fingerprint density at radius 2 is 2.44 bits per heavy atom. The number of hydrogen-bond donors (Lipinski definition) is 3. The molecule has 1 heterocycles. The maximum Gasteiger partial charge on any atom is 0.0897 e. The summed E-state index contributed by atoms with van der Waals surface area (Å²) < 4.78 is 5.41. The van der Waals surface area contributed by atoms with Crippen LogP contribution in [0.2, 0.25) is 0 Å². The van der Waals surface area contributed by atoms with E-state index in [0.717, 1.165) is 19.1 Å². The van der Waals surface area contributed by atoms with Gasteiger partial charge in [-0.1, -0.05) is 0 Å². The molecule has 3 N–H and O–H groups in total. The van der Waals surface area contributed by atoms with Crippen LogP contribution in [-0.2, 0) is 11.3 Å². The van der Waals surface area contributed by atoms with Crippen LogP contribution in [0.4, 0.5) is 0 Å². The summed E-state index contributed by atoms with van der Waals surface area (Å²) in [5.41, 5.74) is 1.20. The molecule has 0 spiro atoms. The van der Waals surface area contributed by atoms with Crippen LogP contribution in [0.5, 0.6) is 0 Å². The summed E-state index contributed by atoms with van der Waals surface area (Å²) in [5, 5.41) is 12.8. The third kappa shape index (κ3) is 4.35. The van der Waals surface area contributed by atoms with E-state index in [9.17, 15) is 5.11 Å². The fourth-order valence-electron chi connectivity index (χ4n) is 1.57. The Kier molecular flexibility index (Phi) is 4.39. The van der Waals surface area contributed by atoms with E-state index < -0.39 is 6.10 Å². The summed E-state index contributed by atoms with van der Waals surface area (Å²) in [4.78, 5) is 2.99. The van der Waals surface area contributed by atoms with Crippen molar-refractivity contribution in [3.63, 3.8) is 0 Å². The van der Waals surface area contributed by atoms with E-state index in [-0.39, 0.29) is 0 Å². The smallest absolute Gasteiger partial charge is 0.0897 e. The molecule has 1 atom stereocenters. The van der Waals surface area contributed by atoms with Crippen molar-refractivity contribution in [3.8, 4) is 0 Å². The maximum absolute atomic E-state index is 9.62. The van der Waals surface area contributed by atoms with Crippen molar-refractivity contribution in [3.05, 3.63) is 24.0 Å². The molecule has 2 rings (SSSR count). The number of aromatic amines is 1. The van der Waals surface area contributed by atoms with Crippen molar-refractivity contribution in [2.45, 2.75) is 25.5 Å². The lowest BCUT2D eigenvalue weighted by Gasteiger charge is -2.11. The highest BCUT2D eigenvalue weighted by Crippen LogP contribution is 2.28. The Bertz CT molecular complexity index is 283. The average molecular weight is 224 g/mol. The molecule has 0 bridgehead atoms. The molecule has 0 radical (unpaired) electrons. The molecular formula is C12H20N2O2. The number of hydrogen-bond acceptors (Lipinski definition) is 3. The van der Waals surface area contributed by atoms with Gasteiger partial charge < -0.3 is 20.1 Å². The SMILES string of the molecule is OC(CNCc1cc[nH]c1)COCC1CC1. The van der Waals surface area contributed by atoms with Crippen molar-refractivity contribution < 1.29 is 9.84 Å². The second kappa shape index (κ2) is 6.03. The summed E-state index contributed by atoms with van der Waals surface area (Å²) in [6.07, 6.45) is 6.02. The predicted octanol–water partition coefficient (Wildman–Crippen LogP) is 0.892. The molecule has 1 unspecified atom stereocenters. The van der Waals surface area contributed by atoms with Crippen LogP contribution >= 0.6 is 0 Å². The summed E-state index contributed by atoms with van der Waals surface area (Å²) in [6.45, 7) is 2.62. The van der Waals surface area contributed by atoms with Crippen molar-refractivity contribution in [1.82, 2.24) is 10.3 Å². The number of nitrogens with one attached hydrogen (secondary N) is 2. The maximum atomic E-state index is 9.62. The van der Waals surface area contributed by atoms with Crippen molar-refractivity contribution >= 4 is 0 Å². The molecule has 90 valence electrons. The quantitative estimate of drug-likeness (QED) is 0.614. The minimum Gasteiger partial charge on any atom is -0.389 e. The zero-order valence-electron chi connectivity index (χ0n) is 9.48. The molecule has 4 nitrogen and oxygen atoms in total. The molecule has 0 saturated heterocycles. The van der Waals surface area contributed by atoms with E-state index in [1.165, 1.54) is 18.4 Å². The van der Waals surface area contributed by atoms with E-state index in [4.69, 9.17) is 4.74 Å². The molecule has 4 heteroatoms. The van der Waals surface area contributed by atoms with Crippen LogP contribution in [0.1, 0.15) is 18.4 Å². The minimum atomic E-state index is -0.405. The fourth-order valence-corrected chi connectivity index (χ4v) is 1.57. The Morgan fingerprint density at radius 3 is 3.12 bits per heavy atom. The Balaban J connectivity index is 1.48. The summed E-state index contributed by atoms with van der Waals surface area (Å²) >= 11 is 0. The van der Waals surface area contributed by atoms with Crippen molar-refractivity contribution in [2.75, 3.05) is 19.8 Å². The molecule has 1 aliphatic carbocycles. The van der Waals surface area contributed by atoms with Gasteiger partial charge in [-0.05, 0) is 30.4 Å². The molecule has 1 saturated carbocycles. The minimum absolute atomic E-state index is 0.405. The van der Waals surface area contributed by atoms with Crippen LogP contribution < -0.4 is 5.32 Å². The van der Waals surface area contributed by atoms with Crippen LogP contribution in [0.3, 0.4) is 0 Å². The largest absolute Gasteiger partial charge is 0.389 e. The lowest BCUT2D eigenvalue weighted by atomic mass is 10.3. The van der Waals surface area contributed by atoms with Crippen LogP contribution in [0, 0.1) is 5.92 Å². The van der Waals surface area contributed by atoms with Crippen molar-refractivity contribution in [1.29, 1.82) is 0 Å². The van der Waals surface area contributed by atoms with Crippen LogP contribution in [0.25, 0.3) is 0 Å². The van der Waals surface area contributed by atoms with E-state index >= 15 is 0 Å². The molecule has 1 fully saturated rings. The third-order valence-electron chi connectivity index (χ3n) is 2.73. The normalized spacial score (nSPS) is 17.6. The number of aliphatic hydroxyl groups excluding tert-OH is 1. The highest BCUT2D eigenvalue weighted by molar-refractivity contribution is 5.07. The molecule has 1 aromatic rings. The van der Waals surface area contributed by atoms with Crippen LogP contribution in [0.15, 0.2) is 18.5 Å².